The van der Waals surface area contributed by atoms with Crippen molar-refractivity contribution in [3.8, 4) is 39.9 Å². The fourth-order valence-electron chi connectivity index (χ4n) is 5.15. The molecule has 0 atom stereocenters. The van der Waals surface area contributed by atoms with Crippen molar-refractivity contribution in [2.45, 2.75) is 21.6 Å². The van der Waals surface area contributed by atoms with Crippen molar-refractivity contribution in [1.82, 2.24) is 9.78 Å². The van der Waals surface area contributed by atoms with Crippen LogP contribution in [0.1, 0.15) is 5.69 Å². The van der Waals surface area contributed by atoms with E-state index in [-0.39, 0.29) is 96.3 Å². The second kappa shape index (κ2) is 17.6. The number of hydrogen-bond donors (Lipinski definition) is 1. The fraction of sp³-hybridized carbons (Fsp3) is 0.0312. The minimum absolute atomic E-state index is 0. The third kappa shape index (κ3) is 9.37. The van der Waals surface area contributed by atoms with Gasteiger partial charge in [0.25, 0.3) is 0 Å². The van der Waals surface area contributed by atoms with Crippen LogP contribution in [0.5, 0.6) is 23.1 Å². The maximum atomic E-state index is 13.3. The molecule has 6 aromatic rings. The molecule has 0 bridgehead atoms. The van der Waals surface area contributed by atoms with Gasteiger partial charge in [0, 0.05) is 16.7 Å². The molecule has 6 rings (SSSR count). The summed E-state index contributed by atoms with van der Waals surface area (Å²) in [6, 6.07) is 15.2. The van der Waals surface area contributed by atoms with Crippen molar-refractivity contribution in [2.75, 3.05) is 5.73 Å². The van der Waals surface area contributed by atoms with Crippen LogP contribution < -0.4 is 31.4 Å². The molecule has 0 aliphatic rings. The SMILES string of the molecule is Cc1nn(-c2ccc(S(=O)(=O)[O-])cc2)c([O-])c1N=Nc1ccc(-c2ccc(N=Nc3ccc4c(S(=O)(=O)[O-])cc(SOO[O-])c(N)c4c3[O-])c([O-])c2)cc1[O-].[Cu+2].[Cu+2]. The quantitative estimate of drug-likeness (QED) is 0.0371. The van der Waals surface area contributed by atoms with Gasteiger partial charge in [-0.05, 0) is 66.6 Å². The third-order valence-electron chi connectivity index (χ3n) is 7.75. The van der Waals surface area contributed by atoms with Gasteiger partial charge in [-0.1, -0.05) is 47.6 Å². The second-order valence-electron chi connectivity index (χ2n) is 11.2. The Morgan fingerprint density at radius 2 is 1.28 bits per heavy atom. The van der Waals surface area contributed by atoms with E-state index in [2.05, 4.69) is 34.9 Å². The largest absolute Gasteiger partial charge is 2.00 e. The van der Waals surface area contributed by atoms with Crippen LogP contribution in [0.25, 0.3) is 27.6 Å². The maximum absolute atomic E-state index is 13.3. The van der Waals surface area contributed by atoms with Gasteiger partial charge in [-0.2, -0.15) is 24.8 Å². The number of nitrogens with two attached hydrogens (primary N) is 1. The Labute approximate surface area is 346 Å². The molecule has 25 heteroatoms. The number of anilines is 1. The molecule has 0 amide bonds. The molecule has 0 saturated heterocycles. The van der Waals surface area contributed by atoms with Gasteiger partial charge in [0.2, 0.25) is 0 Å². The molecule has 0 aliphatic heterocycles. The first-order valence-electron chi connectivity index (χ1n) is 14.9. The summed E-state index contributed by atoms with van der Waals surface area (Å²) in [6.45, 7) is 1.46. The summed E-state index contributed by atoms with van der Waals surface area (Å²) in [4.78, 5) is -1.61. The van der Waals surface area contributed by atoms with E-state index < -0.39 is 58.5 Å². The predicted molar refractivity (Wildman–Crippen MR) is 179 cm³/mol. The van der Waals surface area contributed by atoms with Gasteiger partial charge in [0.1, 0.15) is 25.9 Å². The van der Waals surface area contributed by atoms with Crippen LogP contribution in [-0.2, 0) is 63.7 Å². The van der Waals surface area contributed by atoms with E-state index in [1.165, 1.54) is 49.4 Å². The Morgan fingerprint density at radius 1 is 0.737 bits per heavy atom. The standard InChI is InChI=1S/C32H25N7O13S3.2Cu/c1-15-30(32(43)39(38-15)18-4-6-19(7-5-18)54(45,46)47)37-35-22-10-3-17(13-25(22)41)16-2-9-21(24(40)12-16)34-36-23-11-8-20-27(55(48,49)50)14-26(53-52-51-44)29(33)28(20)31(23)42;;/h2-14,40-44H,33H2,1H3,(H,45,46,47)(H,48,49,50);;/q;2*+2/p-7. The summed E-state index contributed by atoms with van der Waals surface area (Å²) in [5, 5.41) is 84.3. The number of benzene rings is 5. The van der Waals surface area contributed by atoms with Crippen molar-refractivity contribution < 1.29 is 95.1 Å². The number of azo groups is 2. The number of nitrogens with zero attached hydrogens (tertiary/aromatic N) is 6. The number of fused-ring (bicyclic) bond motifs is 1. The van der Waals surface area contributed by atoms with E-state index in [4.69, 9.17) is 5.73 Å². The van der Waals surface area contributed by atoms with Gasteiger partial charge in [0.15, 0.2) is 0 Å². The first-order chi connectivity index (χ1) is 26.0. The molecule has 0 aliphatic carbocycles. The van der Waals surface area contributed by atoms with Crippen molar-refractivity contribution in [1.29, 1.82) is 0 Å². The molecule has 1 heterocycles. The number of aromatic nitrogens is 2. The number of hydrogen-bond acceptors (Lipinski definition) is 20. The summed E-state index contributed by atoms with van der Waals surface area (Å²) in [5.41, 5.74) is 5.57. The summed E-state index contributed by atoms with van der Waals surface area (Å²) in [7, 11) is -9.84. The van der Waals surface area contributed by atoms with Crippen LogP contribution in [0.15, 0.2) is 114 Å². The zero-order valence-electron chi connectivity index (χ0n) is 27.9. The van der Waals surface area contributed by atoms with Crippen LogP contribution in [0, 0.1) is 6.92 Å². The van der Waals surface area contributed by atoms with Gasteiger partial charge in [-0.3, -0.25) is 5.04 Å². The van der Waals surface area contributed by atoms with Crippen LogP contribution in [0.2, 0.25) is 0 Å². The summed E-state index contributed by atoms with van der Waals surface area (Å²) in [5.74, 6) is -2.98. The fourth-order valence-corrected chi connectivity index (χ4v) is 6.86. The molecular weight excluding hydrogens is 914 g/mol. The molecule has 0 fully saturated rings. The van der Waals surface area contributed by atoms with E-state index >= 15 is 0 Å². The summed E-state index contributed by atoms with van der Waals surface area (Å²) in [6.07, 6.45) is 0. The zero-order chi connectivity index (χ0) is 39.8. The molecular formula is C32H18Cu2N7O13S3-3. The third-order valence-corrected chi connectivity index (χ3v) is 10.1. The Morgan fingerprint density at radius 3 is 1.81 bits per heavy atom. The van der Waals surface area contributed by atoms with Gasteiger partial charge in [-0.25, -0.2) is 21.5 Å². The topological polar surface area (TPSA) is 341 Å². The van der Waals surface area contributed by atoms with Crippen molar-refractivity contribution in [2.24, 2.45) is 20.5 Å². The van der Waals surface area contributed by atoms with E-state index in [0.29, 0.717) is 11.1 Å². The zero-order valence-corrected chi connectivity index (χ0v) is 32.2. The summed E-state index contributed by atoms with van der Waals surface area (Å²) < 4.78 is 74.4. The maximum Gasteiger partial charge on any atom is 2.00 e. The normalized spacial score (nSPS) is 11.9. The van der Waals surface area contributed by atoms with Crippen LogP contribution in [0.3, 0.4) is 0 Å². The van der Waals surface area contributed by atoms with Crippen molar-refractivity contribution in [3.05, 3.63) is 84.6 Å². The molecule has 2 N–H and O–H groups in total. The van der Waals surface area contributed by atoms with E-state index in [0.717, 1.165) is 41.1 Å². The molecule has 0 unspecified atom stereocenters. The van der Waals surface area contributed by atoms with Crippen LogP contribution >= 0.6 is 12.0 Å². The minimum atomic E-state index is -5.14. The second-order valence-corrected chi connectivity index (χ2v) is 14.6. The minimum Gasteiger partial charge on any atom is -0.871 e. The molecule has 20 nitrogen and oxygen atoms in total. The molecule has 2 radical (unpaired) electrons. The first-order valence-corrected chi connectivity index (χ1v) is 18.5. The summed E-state index contributed by atoms with van der Waals surface area (Å²) >= 11 is 0.162. The van der Waals surface area contributed by atoms with Gasteiger partial charge in [0.05, 0.1) is 60.9 Å². The number of aryl methyl sites for hydroxylation is 1. The Hall–Kier alpha value is -5.14. The van der Waals surface area contributed by atoms with Crippen LogP contribution in [-0.4, -0.2) is 35.7 Å². The first kappa shape index (κ1) is 44.6. The monoisotopic (exact) mass is 930 g/mol. The molecule has 302 valence electrons. The average Bonchev–Trinajstić information content (AvgIpc) is 3.41. The van der Waals surface area contributed by atoms with E-state index in [1.807, 2.05) is 0 Å². The molecule has 1 aromatic heterocycles. The van der Waals surface area contributed by atoms with Crippen LogP contribution in [0.4, 0.5) is 28.4 Å². The number of nitrogen functional groups attached to an aromatic ring is 1. The number of rotatable bonds is 11. The predicted octanol–water partition coefficient (Wildman–Crippen LogP) is 2.74. The molecule has 0 saturated carbocycles. The van der Waals surface area contributed by atoms with Gasteiger partial charge in [-0.15, -0.1) is 5.11 Å². The smallest absolute Gasteiger partial charge is 0.871 e. The van der Waals surface area contributed by atoms with Gasteiger partial charge >= 0.3 is 34.1 Å². The van der Waals surface area contributed by atoms with Gasteiger partial charge < -0.3 is 40.5 Å². The van der Waals surface area contributed by atoms with Crippen molar-refractivity contribution >= 4 is 71.5 Å². The van der Waals surface area contributed by atoms with E-state index in [1.54, 1.807) is 0 Å². The van der Waals surface area contributed by atoms with Crippen molar-refractivity contribution in [3.63, 3.8) is 0 Å². The Bertz CT molecular complexity index is 2790. The Balaban J connectivity index is 0.00000360. The average molecular weight is 932 g/mol. The molecule has 0 spiro atoms. The molecule has 57 heavy (non-hydrogen) atoms. The molecule has 5 aromatic carbocycles. The van der Waals surface area contributed by atoms with E-state index in [9.17, 15) is 51.6 Å². The Kier molecular flexibility index (Phi) is 13.7.